The maximum atomic E-state index is 13.3. The van der Waals surface area contributed by atoms with E-state index in [4.69, 9.17) is 0 Å². The Balaban J connectivity index is 0.00000144. The molecule has 1 aliphatic rings. The van der Waals surface area contributed by atoms with Gasteiger partial charge in [0.15, 0.2) is 0 Å². The largest absolute Gasteiger partial charge is 0.322 e. The van der Waals surface area contributed by atoms with Gasteiger partial charge in [0, 0.05) is 0 Å². The van der Waals surface area contributed by atoms with Crippen molar-refractivity contribution in [2.24, 2.45) is 0 Å². The molecule has 0 aliphatic carbocycles. The van der Waals surface area contributed by atoms with Crippen LogP contribution in [0.4, 0.5) is 10.1 Å². The van der Waals surface area contributed by atoms with E-state index in [1.807, 2.05) is 0 Å². The summed E-state index contributed by atoms with van der Waals surface area (Å²) in [4.78, 5) is 11.8. The van der Waals surface area contributed by atoms with Crippen molar-refractivity contribution < 1.29 is 9.18 Å². The smallest absolute Gasteiger partial charge is 0.241 e. The van der Waals surface area contributed by atoms with Crippen LogP contribution < -0.4 is 10.6 Å². The Hall–Kier alpha value is -1.13. The number of amides is 1. The highest BCUT2D eigenvalue weighted by atomic mass is 35.5. The number of para-hydroxylation sites is 1. The summed E-state index contributed by atoms with van der Waals surface area (Å²) < 4.78 is 13.3. The molecule has 94 valence electrons. The van der Waals surface area contributed by atoms with Crippen LogP contribution in [0.15, 0.2) is 24.3 Å². The molecule has 1 atom stereocenters. The second kappa shape index (κ2) is 6.57. The van der Waals surface area contributed by atoms with E-state index < -0.39 is 5.82 Å². The van der Waals surface area contributed by atoms with Gasteiger partial charge in [0.25, 0.3) is 0 Å². The summed E-state index contributed by atoms with van der Waals surface area (Å²) in [5, 5.41) is 5.73. The Labute approximate surface area is 106 Å². The number of benzene rings is 1. The van der Waals surface area contributed by atoms with E-state index in [1.165, 1.54) is 6.07 Å². The van der Waals surface area contributed by atoms with Crippen LogP contribution in [0.5, 0.6) is 0 Å². The third-order valence-corrected chi connectivity index (χ3v) is 2.76. The maximum absolute atomic E-state index is 13.3. The zero-order valence-electron chi connectivity index (χ0n) is 9.41. The summed E-state index contributed by atoms with van der Waals surface area (Å²) in [5.41, 5.74) is 0.250. The molecule has 17 heavy (non-hydrogen) atoms. The lowest BCUT2D eigenvalue weighted by molar-refractivity contribution is -0.118. The first-order valence-corrected chi connectivity index (χ1v) is 5.56. The van der Waals surface area contributed by atoms with Crippen LogP contribution in [0.25, 0.3) is 0 Å². The molecule has 0 unspecified atom stereocenters. The Kier molecular flexibility index (Phi) is 5.38. The molecule has 1 fully saturated rings. The predicted molar refractivity (Wildman–Crippen MR) is 67.9 cm³/mol. The molecule has 3 nitrogen and oxygen atoms in total. The van der Waals surface area contributed by atoms with Crippen LogP contribution in [-0.4, -0.2) is 18.5 Å². The Bertz CT molecular complexity index is 381. The standard InChI is InChI=1S/C12H15FN2O.ClH/c13-9-5-1-2-6-10(9)15-12(16)11-7-3-4-8-14-11;/h1-2,5-6,11,14H,3-4,7-8H2,(H,15,16);1H/t11-;/m0./s1. The molecule has 0 bridgehead atoms. The van der Waals surface area contributed by atoms with E-state index in [9.17, 15) is 9.18 Å². The predicted octanol–water partition coefficient (Wildman–Crippen LogP) is 2.33. The number of hydrogen-bond donors (Lipinski definition) is 2. The second-order valence-corrected chi connectivity index (χ2v) is 3.97. The van der Waals surface area contributed by atoms with Gasteiger partial charge in [-0.25, -0.2) is 4.39 Å². The highest BCUT2D eigenvalue weighted by Gasteiger charge is 2.20. The van der Waals surface area contributed by atoms with E-state index in [0.717, 1.165) is 25.8 Å². The highest BCUT2D eigenvalue weighted by molar-refractivity contribution is 5.94. The SMILES string of the molecule is Cl.O=C(Nc1ccccc1F)[C@@H]1CCCCN1. The van der Waals surface area contributed by atoms with Crippen LogP contribution in [0.2, 0.25) is 0 Å². The van der Waals surface area contributed by atoms with Gasteiger partial charge in [0.05, 0.1) is 11.7 Å². The van der Waals surface area contributed by atoms with Crippen LogP contribution in [0.3, 0.4) is 0 Å². The quantitative estimate of drug-likeness (QED) is 0.855. The first-order valence-electron chi connectivity index (χ1n) is 5.56. The molecular weight excluding hydrogens is 243 g/mol. The van der Waals surface area contributed by atoms with Gasteiger partial charge in [-0.1, -0.05) is 18.6 Å². The molecule has 1 aromatic carbocycles. The molecule has 0 saturated carbocycles. The summed E-state index contributed by atoms with van der Waals surface area (Å²) in [6, 6.07) is 6.02. The summed E-state index contributed by atoms with van der Waals surface area (Å²) in [5.74, 6) is -0.545. The molecule has 2 rings (SSSR count). The maximum Gasteiger partial charge on any atom is 0.241 e. The fourth-order valence-electron chi connectivity index (χ4n) is 1.86. The average molecular weight is 259 g/mol. The van der Waals surface area contributed by atoms with Crippen molar-refractivity contribution in [3.63, 3.8) is 0 Å². The number of rotatable bonds is 2. The van der Waals surface area contributed by atoms with Crippen LogP contribution in [-0.2, 0) is 4.79 Å². The summed E-state index contributed by atoms with van der Waals surface area (Å²) in [6.07, 6.45) is 2.96. The van der Waals surface area contributed by atoms with E-state index in [-0.39, 0.29) is 30.0 Å². The molecule has 1 amide bonds. The second-order valence-electron chi connectivity index (χ2n) is 3.97. The topological polar surface area (TPSA) is 41.1 Å². The third kappa shape index (κ3) is 3.68. The number of carbonyl (C=O) groups is 1. The fourth-order valence-corrected chi connectivity index (χ4v) is 1.86. The van der Waals surface area contributed by atoms with E-state index in [2.05, 4.69) is 10.6 Å². The monoisotopic (exact) mass is 258 g/mol. The molecular formula is C12H16ClFN2O. The normalized spacial score (nSPS) is 19.2. The number of anilines is 1. The lowest BCUT2D eigenvalue weighted by atomic mass is 10.0. The van der Waals surface area contributed by atoms with E-state index >= 15 is 0 Å². The van der Waals surface area contributed by atoms with E-state index in [1.54, 1.807) is 18.2 Å². The molecule has 0 radical (unpaired) electrons. The van der Waals surface area contributed by atoms with Gasteiger partial charge in [0.2, 0.25) is 5.91 Å². The van der Waals surface area contributed by atoms with Crippen molar-refractivity contribution in [3.8, 4) is 0 Å². The average Bonchev–Trinajstić information content (AvgIpc) is 2.33. The van der Waals surface area contributed by atoms with Gasteiger partial charge in [-0.15, -0.1) is 12.4 Å². The summed E-state index contributed by atoms with van der Waals surface area (Å²) in [7, 11) is 0. The Morgan fingerprint density at radius 1 is 1.35 bits per heavy atom. The molecule has 1 saturated heterocycles. The minimum absolute atomic E-state index is 0. The first kappa shape index (κ1) is 13.9. The zero-order valence-corrected chi connectivity index (χ0v) is 10.2. The number of halogens is 2. The van der Waals surface area contributed by atoms with Crippen molar-refractivity contribution in [2.75, 3.05) is 11.9 Å². The number of carbonyl (C=O) groups excluding carboxylic acids is 1. The Morgan fingerprint density at radius 2 is 2.12 bits per heavy atom. The van der Waals surface area contributed by atoms with Crippen LogP contribution >= 0.6 is 12.4 Å². The van der Waals surface area contributed by atoms with Crippen molar-refractivity contribution >= 4 is 24.0 Å². The number of hydrogen-bond acceptors (Lipinski definition) is 2. The fraction of sp³-hybridized carbons (Fsp3) is 0.417. The van der Waals surface area contributed by atoms with Crippen molar-refractivity contribution in [2.45, 2.75) is 25.3 Å². The lowest BCUT2D eigenvalue weighted by Gasteiger charge is -2.22. The van der Waals surface area contributed by atoms with Gasteiger partial charge >= 0.3 is 0 Å². The van der Waals surface area contributed by atoms with Crippen molar-refractivity contribution in [3.05, 3.63) is 30.1 Å². The molecule has 0 spiro atoms. The van der Waals surface area contributed by atoms with Crippen molar-refractivity contribution in [1.82, 2.24) is 5.32 Å². The highest BCUT2D eigenvalue weighted by Crippen LogP contribution is 2.14. The molecule has 1 aliphatic heterocycles. The zero-order chi connectivity index (χ0) is 11.4. The molecule has 5 heteroatoms. The van der Waals surface area contributed by atoms with Crippen molar-refractivity contribution in [1.29, 1.82) is 0 Å². The van der Waals surface area contributed by atoms with Crippen LogP contribution in [0, 0.1) is 5.82 Å². The van der Waals surface area contributed by atoms with Gasteiger partial charge in [-0.3, -0.25) is 4.79 Å². The molecule has 2 N–H and O–H groups in total. The molecule has 0 aromatic heterocycles. The molecule has 1 aromatic rings. The minimum Gasteiger partial charge on any atom is -0.322 e. The minimum atomic E-state index is -0.397. The van der Waals surface area contributed by atoms with Gasteiger partial charge in [0.1, 0.15) is 5.82 Å². The third-order valence-electron chi connectivity index (χ3n) is 2.76. The number of piperidine rings is 1. The molecule has 1 heterocycles. The summed E-state index contributed by atoms with van der Waals surface area (Å²) in [6.45, 7) is 0.857. The van der Waals surface area contributed by atoms with Gasteiger partial charge in [-0.2, -0.15) is 0 Å². The Morgan fingerprint density at radius 3 is 2.76 bits per heavy atom. The van der Waals surface area contributed by atoms with Crippen LogP contribution in [0.1, 0.15) is 19.3 Å². The van der Waals surface area contributed by atoms with Gasteiger partial charge < -0.3 is 10.6 Å². The number of nitrogens with one attached hydrogen (secondary N) is 2. The first-order chi connectivity index (χ1) is 7.77. The summed E-state index contributed by atoms with van der Waals surface area (Å²) >= 11 is 0. The van der Waals surface area contributed by atoms with E-state index in [0.29, 0.717) is 0 Å². The lowest BCUT2D eigenvalue weighted by Crippen LogP contribution is -2.43. The van der Waals surface area contributed by atoms with Gasteiger partial charge in [-0.05, 0) is 31.5 Å².